The van der Waals surface area contributed by atoms with Crippen LogP contribution in [0.2, 0.25) is 10.4 Å². The maximum absolute atomic E-state index is 11.9. The van der Waals surface area contributed by atoms with Gasteiger partial charge in [-0.1, -0.05) is 25.4 Å². The molecule has 0 saturated carbocycles. The molecule has 1 heterocycles. The van der Waals surface area contributed by atoms with E-state index in [2.05, 4.69) is 15.3 Å². The van der Waals surface area contributed by atoms with Gasteiger partial charge in [-0.25, -0.2) is 9.97 Å². The van der Waals surface area contributed by atoms with Crippen LogP contribution in [0.4, 0.5) is 5.82 Å². The lowest BCUT2D eigenvalue weighted by Gasteiger charge is -2.24. The molecule has 1 aromatic rings. The smallest absolute Gasteiger partial charge is 0.245 e. The maximum Gasteiger partial charge on any atom is 0.245 e. The molecule has 1 aromatic heterocycles. The van der Waals surface area contributed by atoms with E-state index in [9.17, 15) is 4.79 Å². The van der Waals surface area contributed by atoms with E-state index in [-0.39, 0.29) is 22.2 Å². The third-order valence-corrected chi connectivity index (χ3v) is 2.99. The molecule has 94 valence electrons. The van der Waals surface area contributed by atoms with Crippen molar-refractivity contribution in [1.29, 1.82) is 0 Å². The number of hydrogen-bond acceptors (Lipinski definition) is 4. The summed E-state index contributed by atoms with van der Waals surface area (Å²) >= 11 is 11.3. The second kappa shape index (κ2) is 5.62. The van der Waals surface area contributed by atoms with Crippen LogP contribution < -0.4 is 11.1 Å². The molecule has 0 atom stereocenters. The van der Waals surface area contributed by atoms with Crippen molar-refractivity contribution in [2.45, 2.75) is 32.2 Å². The molecule has 0 aromatic carbocycles. The molecule has 5 nitrogen and oxygen atoms in total. The van der Waals surface area contributed by atoms with Crippen LogP contribution in [0.15, 0.2) is 6.07 Å². The van der Waals surface area contributed by atoms with E-state index < -0.39 is 5.54 Å². The topological polar surface area (TPSA) is 80.9 Å². The fraction of sp³-hybridized carbons (Fsp3) is 0.500. The van der Waals surface area contributed by atoms with Crippen LogP contribution in [0.25, 0.3) is 0 Å². The van der Waals surface area contributed by atoms with Crippen LogP contribution in [0.1, 0.15) is 26.7 Å². The third kappa shape index (κ3) is 3.52. The average Bonchev–Trinajstić information content (AvgIpc) is 2.26. The Labute approximate surface area is 110 Å². The second-order valence-electron chi connectivity index (χ2n) is 3.66. The van der Waals surface area contributed by atoms with Crippen molar-refractivity contribution in [3.05, 3.63) is 16.5 Å². The standard InChI is InChI=1S/C10H14Cl2N4O/c1-3-10(13,4-2)8(17)15-7-5-6(11)14-9(12)16-7/h5H,3-4,13H2,1-2H3,(H,14,15,16,17). The van der Waals surface area contributed by atoms with E-state index in [4.69, 9.17) is 28.9 Å². The van der Waals surface area contributed by atoms with Gasteiger partial charge in [-0.05, 0) is 24.4 Å². The van der Waals surface area contributed by atoms with Crippen molar-refractivity contribution in [3.8, 4) is 0 Å². The summed E-state index contributed by atoms with van der Waals surface area (Å²) in [5.74, 6) is -0.0648. The first-order chi connectivity index (χ1) is 7.91. The summed E-state index contributed by atoms with van der Waals surface area (Å²) in [6.07, 6.45) is 1.06. The lowest BCUT2D eigenvalue weighted by molar-refractivity contribution is -0.121. The Bertz CT molecular complexity index is 401. The van der Waals surface area contributed by atoms with Gasteiger partial charge in [0.05, 0.1) is 5.54 Å². The Morgan fingerprint density at radius 3 is 2.47 bits per heavy atom. The average molecular weight is 277 g/mol. The first-order valence-electron chi connectivity index (χ1n) is 5.21. The molecule has 1 rings (SSSR count). The summed E-state index contributed by atoms with van der Waals surface area (Å²) in [7, 11) is 0. The van der Waals surface area contributed by atoms with Gasteiger partial charge < -0.3 is 11.1 Å². The molecule has 0 fully saturated rings. The molecular formula is C10H14Cl2N4O. The third-order valence-electron chi connectivity index (χ3n) is 2.62. The summed E-state index contributed by atoms with van der Waals surface area (Å²) in [5, 5.41) is 2.72. The predicted octanol–water partition coefficient (Wildman–Crippen LogP) is 2.24. The summed E-state index contributed by atoms with van der Waals surface area (Å²) < 4.78 is 0. The minimum absolute atomic E-state index is 0.0246. The SMILES string of the molecule is CCC(N)(CC)C(=O)Nc1cc(Cl)nc(Cl)n1. The van der Waals surface area contributed by atoms with Crippen molar-refractivity contribution in [1.82, 2.24) is 9.97 Å². The van der Waals surface area contributed by atoms with E-state index in [1.165, 1.54) is 6.07 Å². The Hall–Kier alpha value is -0.910. The summed E-state index contributed by atoms with van der Waals surface area (Å²) in [6.45, 7) is 3.70. The number of amides is 1. The van der Waals surface area contributed by atoms with Crippen molar-refractivity contribution >= 4 is 34.9 Å². The molecule has 0 unspecified atom stereocenters. The molecule has 0 spiro atoms. The molecular weight excluding hydrogens is 263 g/mol. The molecule has 0 radical (unpaired) electrons. The zero-order chi connectivity index (χ0) is 13.1. The molecule has 7 heteroatoms. The highest BCUT2D eigenvalue weighted by Gasteiger charge is 2.30. The highest BCUT2D eigenvalue weighted by atomic mass is 35.5. The van der Waals surface area contributed by atoms with Gasteiger partial charge in [-0.3, -0.25) is 4.79 Å². The number of rotatable bonds is 4. The molecule has 0 aliphatic rings. The van der Waals surface area contributed by atoms with Crippen molar-refractivity contribution < 1.29 is 4.79 Å². The number of nitrogens with one attached hydrogen (secondary N) is 1. The van der Waals surface area contributed by atoms with E-state index in [1.54, 1.807) is 0 Å². The summed E-state index contributed by atoms with van der Waals surface area (Å²) in [6, 6.07) is 1.41. The number of anilines is 1. The fourth-order valence-corrected chi connectivity index (χ4v) is 1.67. The molecule has 0 bridgehead atoms. The highest BCUT2D eigenvalue weighted by Crippen LogP contribution is 2.18. The Kier molecular flexibility index (Phi) is 4.68. The van der Waals surface area contributed by atoms with E-state index in [0.29, 0.717) is 12.8 Å². The van der Waals surface area contributed by atoms with Crippen LogP contribution in [-0.2, 0) is 4.79 Å². The van der Waals surface area contributed by atoms with Gasteiger partial charge in [0, 0.05) is 6.07 Å². The normalized spacial score (nSPS) is 11.4. The maximum atomic E-state index is 11.9. The number of halogens is 2. The number of hydrogen-bond donors (Lipinski definition) is 2. The van der Waals surface area contributed by atoms with Gasteiger partial charge in [-0.2, -0.15) is 0 Å². The summed E-state index contributed by atoms with van der Waals surface area (Å²) in [5.41, 5.74) is 5.03. The molecule has 1 amide bonds. The Morgan fingerprint density at radius 1 is 1.41 bits per heavy atom. The number of nitrogens with zero attached hydrogens (tertiary/aromatic N) is 2. The van der Waals surface area contributed by atoms with Crippen LogP contribution in [0.5, 0.6) is 0 Å². The molecule has 0 aliphatic carbocycles. The van der Waals surface area contributed by atoms with E-state index in [1.807, 2.05) is 13.8 Å². The van der Waals surface area contributed by atoms with Crippen LogP contribution in [-0.4, -0.2) is 21.4 Å². The lowest BCUT2D eigenvalue weighted by Crippen LogP contribution is -2.50. The lowest BCUT2D eigenvalue weighted by atomic mass is 9.93. The van der Waals surface area contributed by atoms with Crippen molar-refractivity contribution in [3.63, 3.8) is 0 Å². The van der Waals surface area contributed by atoms with Crippen LogP contribution >= 0.6 is 23.2 Å². The zero-order valence-corrected chi connectivity index (χ0v) is 11.1. The quantitative estimate of drug-likeness (QED) is 0.653. The molecule has 0 saturated heterocycles. The molecule has 3 N–H and O–H groups in total. The number of carbonyl (C=O) groups excluding carboxylic acids is 1. The minimum Gasteiger partial charge on any atom is -0.317 e. The fourth-order valence-electron chi connectivity index (χ4n) is 1.27. The predicted molar refractivity (Wildman–Crippen MR) is 68.2 cm³/mol. The van der Waals surface area contributed by atoms with E-state index in [0.717, 1.165) is 0 Å². The van der Waals surface area contributed by atoms with E-state index >= 15 is 0 Å². The molecule has 17 heavy (non-hydrogen) atoms. The minimum atomic E-state index is -0.913. The van der Waals surface area contributed by atoms with Gasteiger partial charge in [0.2, 0.25) is 11.2 Å². The first kappa shape index (κ1) is 14.2. The first-order valence-corrected chi connectivity index (χ1v) is 5.97. The van der Waals surface area contributed by atoms with Crippen LogP contribution in [0, 0.1) is 0 Å². The van der Waals surface area contributed by atoms with Gasteiger partial charge in [0.15, 0.2) is 0 Å². The molecule has 0 aliphatic heterocycles. The zero-order valence-electron chi connectivity index (χ0n) is 9.63. The van der Waals surface area contributed by atoms with Crippen molar-refractivity contribution in [2.24, 2.45) is 5.73 Å². The van der Waals surface area contributed by atoms with Gasteiger partial charge in [-0.15, -0.1) is 0 Å². The van der Waals surface area contributed by atoms with Gasteiger partial charge in [0.1, 0.15) is 11.0 Å². The number of carbonyl (C=O) groups is 1. The van der Waals surface area contributed by atoms with Gasteiger partial charge in [0.25, 0.3) is 0 Å². The highest BCUT2D eigenvalue weighted by molar-refractivity contribution is 6.32. The largest absolute Gasteiger partial charge is 0.317 e. The monoisotopic (exact) mass is 276 g/mol. The van der Waals surface area contributed by atoms with Crippen molar-refractivity contribution in [2.75, 3.05) is 5.32 Å². The number of aromatic nitrogens is 2. The number of nitrogens with two attached hydrogens (primary N) is 1. The van der Waals surface area contributed by atoms with Crippen LogP contribution in [0.3, 0.4) is 0 Å². The second-order valence-corrected chi connectivity index (χ2v) is 4.39. The summed E-state index contributed by atoms with van der Waals surface area (Å²) in [4.78, 5) is 19.5. The Balaban J connectivity index is 2.87. The Morgan fingerprint density at radius 2 is 2.00 bits per heavy atom. The van der Waals surface area contributed by atoms with Gasteiger partial charge >= 0.3 is 0 Å².